The van der Waals surface area contributed by atoms with Crippen LogP contribution in [0, 0.1) is 0 Å². The van der Waals surface area contributed by atoms with Gasteiger partial charge in [-0.05, 0) is 59.0 Å². The number of fused-ring (bicyclic) bond motifs is 1. The van der Waals surface area contributed by atoms with E-state index in [-0.39, 0.29) is 17.7 Å². The highest BCUT2D eigenvalue weighted by atomic mass is 32.2. The number of carbonyl (C=O) groups is 3. The zero-order valence-electron chi connectivity index (χ0n) is 33.5. The van der Waals surface area contributed by atoms with Crippen molar-refractivity contribution >= 4 is 50.8 Å². The number of pyridine rings is 1. The molecule has 1 fully saturated rings. The fourth-order valence-electron chi connectivity index (χ4n) is 6.81. The number of aromatic nitrogens is 1. The second-order valence-electron chi connectivity index (χ2n) is 15.1. The number of hydrogen-bond acceptors (Lipinski definition) is 9. The Kier molecular flexibility index (Phi) is 13.3. The van der Waals surface area contributed by atoms with E-state index in [1.165, 1.54) is 7.11 Å². The molecule has 0 aliphatic carbocycles. The van der Waals surface area contributed by atoms with Crippen LogP contribution >= 0.6 is 0 Å². The molecule has 4 aromatic carbocycles. The van der Waals surface area contributed by atoms with Crippen LogP contribution in [0.2, 0.25) is 0 Å². The minimum Gasteiger partial charge on any atom is -0.497 e. The van der Waals surface area contributed by atoms with Crippen molar-refractivity contribution in [3.05, 3.63) is 113 Å². The number of carbonyl (C=O) groups excluding carboxylic acids is 3. The average molecular weight is 807 g/mol. The van der Waals surface area contributed by atoms with E-state index < -0.39 is 22.7 Å². The molecule has 304 valence electrons. The third kappa shape index (κ3) is 10.7. The second-order valence-corrected chi connectivity index (χ2v) is 16.8. The number of amides is 4. The van der Waals surface area contributed by atoms with Crippen LogP contribution in [0.15, 0.2) is 85.1 Å². The zero-order valence-corrected chi connectivity index (χ0v) is 34.3. The van der Waals surface area contributed by atoms with E-state index in [4.69, 9.17) is 19.9 Å². The first-order valence-corrected chi connectivity index (χ1v) is 20.5. The molecule has 0 radical (unpaired) electrons. The highest BCUT2D eigenvalue weighted by molar-refractivity contribution is 7.85. The number of hydrogen-bond donors (Lipinski definition) is 4. The predicted molar refractivity (Wildman–Crippen MR) is 228 cm³/mol. The molecule has 0 atom stereocenters. The summed E-state index contributed by atoms with van der Waals surface area (Å²) >= 11 is 0. The number of methoxy groups -OCH3 is 2. The number of anilines is 2. The number of primary amides is 1. The van der Waals surface area contributed by atoms with Gasteiger partial charge in [-0.1, -0.05) is 51.1 Å². The van der Waals surface area contributed by atoms with Crippen LogP contribution in [-0.2, 0) is 33.9 Å². The molecule has 4 amide bonds. The SMILES string of the molecule is COc1cc(Cc2cc(Oc3ccc(NC(=O)Nc4cc(C(C)(C)C)cc(CC(N)=O)c4OC)c4ccccc34)ccn2)cc(C(=O)NCCN2CCS(=O)CC2)c1. The van der Waals surface area contributed by atoms with Crippen LogP contribution in [0.5, 0.6) is 23.0 Å². The van der Waals surface area contributed by atoms with Crippen molar-refractivity contribution in [1.82, 2.24) is 15.2 Å². The van der Waals surface area contributed by atoms with Crippen molar-refractivity contribution in [2.24, 2.45) is 5.73 Å². The Morgan fingerprint density at radius 1 is 0.862 bits per heavy atom. The first-order valence-electron chi connectivity index (χ1n) is 19.1. The van der Waals surface area contributed by atoms with Crippen LogP contribution in [0.3, 0.4) is 0 Å². The highest BCUT2D eigenvalue weighted by Gasteiger charge is 2.22. The molecule has 14 heteroatoms. The third-order valence-electron chi connectivity index (χ3n) is 9.83. The largest absolute Gasteiger partial charge is 0.497 e. The van der Waals surface area contributed by atoms with Crippen molar-refractivity contribution in [3.8, 4) is 23.0 Å². The summed E-state index contributed by atoms with van der Waals surface area (Å²) in [4.78, 5) is 45.3. The van der Waals surface area contributed by atoms with Crippen LogP contribution in [0.4, 0.5) is 16.2 Å². The maximum Gasteiger partial charge on any atom is 0.323 e. The van der Waals surface area contributed by atoms with E-state index in [2.05, 4.69) is 25.8 Å². The van der Waals surface area contributed by atoms with Gasteiger partial charge < -0.3 is 35.9 Å². The molecule has 58 heavy (non-hydrogen) atoms. The molecule has 0 saturated carbocycles. The van der Waals surface area contributed by atoms with Crippen molar-refractivity contribution in [2.45, 2.75) is 39.0 Å². The van der Waals surface area contributed by atoms with Crippen LogP contribution in [-0.4, -0.2) is 83.8 Å². The van der Waals surface area contributed by atoms with Gasteiger partial charge in [0.15, 0.2) is 0 Å². The summed E-state index contributed by atoms with van der Waals surface area (Å²) in [5, 5.41) is 10.4. The van der Waals surface area contributed by atoms with E-state index in [9.17, 15) is 18.6 Å². The summed E-state index contributed by atoms with van der Waals surface area (Å²) in [6.07, 6.45) is 2.06. The lowest BCUT2D eigenvalue weighted by Gasteiger charge is -2.25. The minimum atomic E-state index is -0.742. The third-order valence-corrected chi connectivity index (χ3v) is 11.1. The van der Waals surface area contributed by atoms with E-state index in [1.54, 1.807) is 37.6 Å². The maximum atomic E-state index is 13.5. The average Bonchev–Trinajstić information content (AvgIpc) is 3.19. The fourth-order valence-corrected chi connectivity index (χ4v) is 7.94. The Bertz CT molecular complexity index is 2330. The van der Waals surface area contributed by atoms with Crippen LogP contribution in [0.1, 0.15) is 53.5 Å². The first kappa shape index (κ1) is 41.6. The second kappa shape index (κ2) is 18.5. The van der Waals surface area contributed by atoms with Gasteiger partial charge in [0.2, 0.25) is 5.91 Å². The van der Waals surface area contributed by atoms with Gasteiger partial charge in [0, 0.05) is 94.8 Å². The van der Waals surface area contributed by atoms with Gasteiger partial charge in [-0.25, -0.2) is 4.79 Å². The molecule has 0 spiro atoms. The van der Waals surface area contributed by atoms with E-state index in [0.717, 1.165) is 40.7 Å². The Morgan fingerprint density at radius 2 is 1.60 bits per heavy atom. The molecular weight excluding hydrogens is 757 g/mol. The minimum absolute atomic E-state index is 0.0401. The standard InChI is InChI=1S/C44H50N6O7S/c1-44(2,3)31-23-29(25-40(45)51)41(56-5)38(26-31)49-43(53)48-37-10-11-39(36-9-7-6-8-35(36)37)57-33-12-13-46-32(27-33)21-28-20-30(24-34(22-28)55-4)42(52)47-14-15-50-16-18-58(54)19-17-50/h6-13,20,22-24,26-27H,14-19,21,25H2,1-5H3,(H2,45,51)(H,47,52)(H2,48,49,53). The normalized spacial score (nSPS) is 13.5. The number of ether oxygens (including phenoxy) is 3. The molecule has 1 aliphatic heterocycles. The summed E-state index contributed by atoms with van der Waals surface area (Å²) in [5.74, 6) is 2.70. The smallest absolute Gasteiger partial charge is 0.323 e. The van der Waals surface area contributed by atoms with Gasteiger partial charge in [0.05, 0.1) is 32.0 Å². The van der Waals surface area contributed by atoms with Gasteiger partial charge in [0.25, 0.3) is 5.91 Å². The Balaban J connectivity index is 1.16. The molecule has 2 heterocycles. The summed E-state index contributed by atoms with van der Waals surface area (Å²) in [7, 11) is 2.31. The van der Waals surface area contributed by atoms with Gasteiger partial charge in [-0.3, -0.25) is 23.7 Å². The van der Waals surface area contributed by atoms with Gasteiger partial charge >= 0.3 is 6.03 Å². The number of nitrogens with zero attached hydrogens (tertiary/aromatic N) is 2. The fraction of sp³-hybridized carbons (Fsp3) is 0.318. The predicted octanol–water partition coefficient (Wildman–Crippen LogP) is 6.40. The van der Waals surface area contributed by atoms with Crippen molar-refractivity contribution in [1.29, 1.82) is 0 Å². The zero-order chi connectivity index (χ0) is 41.4. The number of nitrogens with one attached hydrogen (secondary N) is 3. The Morgan fingerprint density at radius 3 is 2.31 bits per heavy atom. The lowest BCUT2D eigenvalue weighted by molar-refractivity contribution is -0.117. The first-order chi connectivity index (χ1) is 27.8. The molecule has 6 rings (SSSR count). The summed E-state index contributed by atoms with van der Waals surface area (Å²) in [6, 6.07) is 23.4. The van der Waals surface area contributed by atoms with Crippen LogP contribution < -0.4 is 35.9 Å². The van der Waals surface area contributed by atoms with Crippen molar-refractivity contribution < 1.29 is 32.8 Å². The molecule has 5 N–H and O–H groups in total. The van der Waals surface area contributed by atoms with E-state index in [0.29, 0.717) is 76.5 Å². The summed E-state index contributed by atoms with van der Waals surface area (Å²) < 4.78 is 29.3. The number of nitrogens with two attached hydrogens (primary N) is 1. The lowest BCUT2D eigenvalue weighted by atomic mass is 9.85. The summed E-state index contributed by atoms with van der Waals surface area (Å²) in [5.41, 5.74) is 9.78. The molecule has 5 aromatic rings. The maximum absolute atomic E-state index is 13.5. The topological polar surface area (TPSA) is 174 Å². The quantitative estimate of drug-likeness (QED) is 0.0991. The van der Waals surface area contributed by atoms with Gasteiger partial charge in [-0.15, -0.1) is 0 Å². The number of benzene rings is 4. The molecule has 1 aliphatic rings. The van der Waals surface area contributed by atoms with Gasteiger partial charge in [-0.2, -0.15) is 0 Å². The van der Waals surface area contributed by atoms with Crippen molar-refractivity contribution in [2.75, 3.05) is 62.5 Å². The van der Waals surface area contributed by atoms with E-state index in [1.807, 2.05) is 75.4 Å². The number of urea groups is 1. The number of rotatable bonds is 14. The molecular formula is C44H50N6O7S. The highest BCUT2D eigenvalue weighted by Crippen LogP contribution is 2.37. The van der Waals surface area contributed by atoms with E-state index >= 15 is 0 Å². The molecule has 0 bridgehead atoms. The molecule has 1 saturated heterocycles. The molecule has 13 nitrogen and oxygen atoms in total. The Labute approximate surface area is 341 Å². The molecule has 0 unspecified atom stereocenters. The lowest BCUT2D eigenvalue weighted by Crippen LogP contribution is -2.42. The summed E-state index contributed by atoms with van der Waals surface area (Å²) in [6.45, 7) is 8.85. The van der Waals surface area contributed by atoms with Crippen molar-refractivity contribution in [3.63, 3.8) is 0 Å². The monoisotopic (exact) mass is 806 g/mol. The molecule has 1 aromatic heterocycles. The Hall–Kier alpha value is -5.99. The van der Waals surface area contributed by atoms with Crippen LogP contribution in [0.25, 0.3) is 10.8 Å². The van der Waals surface area contributed by atoms with Gasteiger partial charge in [0.1, 0.15) is 23.0 Å².